The number of aromatic nitrogens is 2. The fraction of sp³-hybridized carbons (Fsp3) is 0.154. The van der Waals surface area contributed by atoms with E-state index in [0.717, 1.165) is 11.1 Å². The summed E-state index contributed by atoms with van der Waals surface area (Å²) in [5, 5.41) is 4.06. The third-order valence-electron chi connectivity index (χ3n) is 5.95. The Hall–Kier alpha value is -4.33. The molecule has 0 radical (unpaired) electrons. The number of carbonyl (C=O) groups is 2. The van der Waals surface area contributed by atoms with E-state index in [1.165, 1.54) is 24.1 Å². The standard InChI is InChI=1S/C26H20FN3O4/c1-14-11-19(16-7-5-4-6-8-16)22-15(2)23(14)30(13-21(31)33-3)26(32)18-10-9-17(12-20(18)27)24-28-25(22)34-29-24/h4-12H,13H2,1-3H3. The predicted octanol–water partition coefficient (Wildman–Crippen LogP) is 4.96. The molecule has 1 amide bonds. The van der Waals surface area contributed by atoms with Crippen LogP contribution in [-0.4, -0.2) is 35.7 Å². The third kappa shape index (κ3) is 3.44. The first-order valence-corrected chi connectivity index (χ1v) is 10.6. The lowest BCUT2D eigenvalue weighted by atomic mass is 9.91. The number of hydrogen-bond acceptors (Lipinski definition) is 6. The lowest BCUT2D eigenvalue weighted by molar-refractivity contribution is -0.138. The second kappa shape index (κ2) is 8.22. The minimum absolute atomic E-state index is 0.176. The maximum Gasteiger partial charge on any atom is 0.325 e. The zero-order valence-electron chi connectivity index (χ0n) is 18.8. The van der Waals surface area contributed by atoms with Crippen LogP contribution in [0.1, 0.15) is 21.5 Å². The van der Waals surface area contributed by atoms with Crippen molar-refractivity contribution in [3.05, 3.63) is 77.1 Å². The number of methoxy groups -OCH3 is 1. The summed E-state index contributed by atoms with van der Waals surface area (Å²) in [4.78, 5) is 31.7. The van der Waals surface area contributed by atoms with E-state index in [1.54, 1.807) is 6.07 Å². The molecule has 6 rings (SSSR count). The van der Waals surface area contributed by atoms with Crippen LogP contribution >= 0.6 is 0 Å². The van der Waals surface area contributed by atoms with Crippen LogP contribution < -0.4 is 4.90 Å². The van der Waals surface area contributed by atoms with E-state index in [2.05, 4.69) is 10.1 Å². The number of rotatable bonds is 3. The van der Waals surface area contributed by atoms with Crippen molar-refractivity contribution < 1.29 is 23.2 Å². The van der Waals surface area contributed by atoms with Crippen LogP contribution in [0, 0.1) is 19.7 Å². The Labute approximate surface area is 194 Å². The van der Waals surface area contributed by atoms with E-state index < -0.39 is 24.2 Å². The molecule has 0 atom stereocenters. The SMILES string of the molecule is COC(=O)CN1C(=O)c2ccc(cc2F)-c2noc(n2)-c2c(-c3ccccc3)cc(C)c1c2C. The average molecular weight is 457 g/mol. The van der Waals surface area contributed by atoms with Gasteiger partial charge in [-0.15, -0.1) is 0 Å². The summed E-state index contributed by atoms with van der Waals surface area (Å²) in [6.45, 7) is 3.26. The van der Waals surface area contributed by atoms with Crippen LogP contribution in [0.4, 0.5) is 10.1 Å². The van der Waals surface area contributed by atoms with E-state index >= 15 is 4.39 Å². The molecule has 1 aromatic heterocycles. The van der Waals surface area contributed by atoms with Crippen molar-refractivity contribution in [1.82, 2.24) is 10.1 Å². The van der Waals surface area contributed by atoms with Gasteiger partial charge in [-0.2, -0.15) is 4.98 Å². The Kier molecular flexibility index (Phi) is 5.20. The van der Waals surface area contributed by atoms with Crippen LogP contribution in [0.15, 0.2) is 59.1 Å². The minimum atomic E-state index is -0.749. The number of esters is 1. The summed E-state index contributed by atoms with van der Waals surface area (Å²) < 4.78 is 25.5. The van der Waals surface area contributed by atoms with Crippen molar-refractivity contribution >= 4 is 17.6 Å². The van der Waals surface area contributed by atoms with E-state index in [1.807, 2.05) is 50.2 Å². The highest BCUT2D eigenvalue weighted by atomic mass is 19.1. The quantitative estimate of drug-likeness (QED) is 0.404. The third-order valence-corrected chi connectivity index (χ3v) is 5.95. The number of carbonyl (C=O) groups excluding carboxylic acids is 2. The number of aryl methyl sites for hydroxylation is 1. The second-order valence-corrected chi connectivity index (χ2v) is 8.04. The Balaban J connectivity index is 1.88. The maximum atomic E-state index is 15.0. The fourth-order valence-electron chi connectivity index (χ4n) is 4.37. The molecule has 34 heavy (non-hydrogen) atoms. The smallest absolute Gasteiger partial charge is 0.325 e. The van der Waals surface area contributed by atoms with Crippen molar-refractivity contribution in [2.45, 2.75) is 13.8 Å². The molecule has 3 aromatic carbocycles. The van der Waals surface area contributed by atoms with Gasteiger partial charge in [0.05, 0.1) is 23.9 Å². The molecule has 2 aliphatic rings. The number of fused-ring (bicyclic) bond motifs is 3. The molecule has 0 fully saturated rings. The van der Waals surface area contributed by atoms with Crippen molar-refractivity contribution in [3.8, 4) is 34.0 Å². The lowest BCUT2D eigenvalue weighted by Crippen LogP contribution is -2.38. The molecule has 8 heteroatoms. The fourth-order valence-corrected chi connectivity index (χ4v) is 4.37. The number of ether oxygens (including phenoxy) is 1. The molecular formula is C26H20FN3O4. The van der Waals surface area contributed by atoms with Gasteiger partial charge in [0, 0.05) is 5.56 Å². The number of benzene rings is 3. The van der Waals surface area contributed by atoms with Crippen LogP contribution in [-0.2, 0) is 9.53 Å². The molecule has 0 spiro atoms. The minimum Gasteiger partial charge on any atom is -0.468 e. The monoisotopic (exact) mass is 457 g/mol. The molecule has 0 N–H and O–H groups in total. The first kappa shape index (κ1) is 21.5. The first-order valence-electron chi connectivity index (χ1n) is 10.6. The van der Waals surface area contributed by atoms with Crippen LogP contribution in [0.3, 0.4) is 0 Å². The summed E-state index contributed by atoms with van der Waals surface area (Å²) in [7, 11) is 1.24. The van der Waals surface area contributed by atoms with Gasteiger partial charge < -0.3 is 9.26 Å². The van der Waals surface area contributed by atoms with Gasteiger partial charge in [0.25, 0.3) is 11.8 Å². The summed E-state index contributed by atoms with van der Waals surface area (Å²) >= 11 is 0. The van der Waals surface area contributed by atoms with Crippen molar-refractivity contribution in [2.24, 2.45) is 0 Å². The molecule has 0 saturated carbocycles. The van der Waals surface area contributed by atoms with Crippen molar-refractivity contribution in [3.63, 3.8) is 0 Å². The van der Waals surface area contributed by atoms with Gasteiger partial charge in [-0.25, -0.2) is 4.39 Å². The summed E-state index contributed by atoms with van der Waals surface area (Å²) in [6, 6.07) is 15.7. The molecule has 2 aliphatic heterocycles. The summed E-state index contributed by atoms with van der Waals surface area (Å²) in [6.07, 6.45) is 0. The molecular weight excluding hydrogens is 437 g/mol. The number of hydrogen-bond donors (Lipinski definition) is 0. The van der Waals surface area contributed by atoms with E-state index in [9.17, 15) is 9.59 Å². The number of amides is 1. The number of nitrogens with zero attached hydrogens (tertiary/aromatic N) is 3. The molecule has 4 aromatic rings. The van der Waals surface area contributed by atoms with E-state index in [-0.39, 0.29) is 17.3 Å². The highest BCUT2D eigenvalue weighted by Gasteiger charge is 2.31. The summed E-state index contributed by atoms with van der Waals surface area (Å²) in [5.41, 5.74) is 4.38. The van der Waals surface area contributed by atoms with Gasteiger partial charge in [-0.05, 0) is 54.3 Å². The molecule has 0 unspecified atom stereocenters. The Bertz CT molecular complexity index is 1450. The summed E-state index contributed by atoms with van der Waals surface area (Å²) in [5.74, 6) is -1.61. The Morgan fingerprint density at radius 1 is 1.06 bits per heavy atom. The van der Waals surface area contributed by atoms with Gasteiger partial charge >= 0.3 is 5.97 Å². The maximum absolute atomic E-state index is 15.0. The van der Waals surface area contributed by atoms with Crippen LogP contribution in [0.5, 0.6) is 0 Å². The normalized spacial score (nSPS) is 12.4. The number of halogens is 1. The van der Waals surface area contributed by atoms with Gasteiger partial charge in [-0.3, -0.25) is 14.5 Å². The zero-order valence-corrected chi connectivity index (χ0v) is 18.8. The predicted molar refractivity (Wildman–Crippen MR) is 124 cm³/mol. The van der Waals surface area contributed by atoms with E-state index in [0.29, 0.717) is 27.9 Å². The molecule has 7 nitrogen and oxygen atoms in total. The Morgan fingerprint density at radius 2 is 1.82 bits per heavy atom. The van der Waals surface area contributed by atoms with Crippen molar-refractivity contribution in [1.29, 1.82) is 0 Å². The molecule has 170 valence electrons. The van der Waals surface area contributed by atoms with Gasteiger partial charge in [0.15, 0.2) is 0 Å². The first-order chi connectivity index (χ1) is 16.4. The van der Waals surface area contributed by atoms with Crippen LogP contribution in [0.25, 0.3) is 34.0 Å². The highest BCUT2D eigenvalue weighted by molar-refractivity contribution is 6.10. The van der Waals surface area contributed by atoms with Crippen LogP contribution in [0.2, 0.25) is 0 Å². The Morgan fingerprint density at radius 3 is 2.53 bits per heavy atom. The molecule has 3 heterocycles. The van der Waals surface area contributed by atoms with Gasteiger partial charge in [-0.1, -0.05) is 41.6 Å². The van der Waals surface area contributed by atoms with Gasteiger partial charge in [0.1, 0.15) is 12.4 Å². The van der Waals surface area contributed by atoms with Crippen molar-refractivity contribution in [2.75, 3.05) is 18.6 Å². The van der Waals surface area contributed by atoms with Gasteiger partial charge in [0.2, 0.25) is 5.82 Å². The lowest BCUT2D eigenvalue weighted by Gasteiger charge is -2.28. The zero-order chi connectivity index (χ0) is 24.0. The number of anilines is 1. The van der Waals surface area contributed by atoms with E-state index in [4.69, 9.17) is 9.26 Å². The second-order valence-electron chi connectivity index (χ2n) is 8.04. The highest BCUT2D eigenvalue weighted by Crippen LogP contribution is 2.42. The molecule has 0 saturated heterocycles. The largest absolute Gasteiger partial charge is 0.468 e. The average Bonchev–Trinajstić information content (AvgIpc) is 3.32. The molecule has 6 bridgehead atoms. The topological polar surface area (TPSA) is 85.5 Å². The molecule has 0 aliphatic carbocycles.